The van der Waals surface area contributed by atoms with Crippen molar-refractivity contribution in [1.82, 2.24) is 5.32 Å². The van der Waals surface area contributed by atoms with E-state index in [1.165, 1.54) is 54.2 Å². The first-order valence-corrected chi connectivity index (χ1v) is 9.29. The normalized spacial score (nSPS) is 19.1. The molecule has 0 spiro atoms. The summed E-state index contributed by atoms with van der Waals surface area (Å²) < 4.78 is 1.43. The Morgan fingerprint density at radius 2 is 2.00 bits per heavy atom. The molecule has 0 saturated heterocycles. The summed E-state index contributed by atoms with van der Waals surface area (Å²) in [5, 5.41) is 7.70. The Labute approximate surface area is 132 Å². The summed E-state index contributed by atoms with van der Waals surface area (Å²) in [7, 11) is 0. The molecular weight excluding hydrogens is 274 g/mol. The molecule has 1 fully saturated rings. The maximum atomic E-state index is 3.86. The van der Waals surface area contributed by atoms with Gasteiger partial charge < -0.3 is 5.32 Å². The van der Waals surface area contributed by atoms with Crippen LogP contribution in [-0.2, 0) is 6.42 Å². The summed E-state index contributed by atoms with van der Waals surface area (Å²) in [6.45, 7) is 5.91. The predicted molar refractivity (Wildman–Crippen MR) is 94.2 cm³/mol. The molecule has 114 valence electrons. The van der Waals surface area contributed by atoms with Crippen molar-refractivity contribution < 1.29 is 0 Å². The zero-order valence-electron chi connectivity index (χ0n) is 13.3. The molecule has 0 aliphatic heterocycles. The largest absolute Gasteiger partial charge is 0.313 e. The molecule has 1 saturated carbocycles. The van der Waals surface area contributed by atoms with Crippen molar-refractivity contribution in [2.45, 2.75) is 58.4 Å². The first-order chi connectivity index (χ1) is 10.2. The van der Waals surface area contributed by atoms with Gasteiger partial charge in [-0.05, 0) is 60.0 Å². The number of hydrogen-bond acceptors (Lipinski definition) is 2. The Balaban J connectivity index is 1.83. The molecule has 0 bridgehead atoms. The van der Waals surface area contributed by atoms with E-state index in [1.54, 1.807) is 0 Å². The Morgan fingerprint density at radius 1 is 1.24 bits per heavy atom. The lowest BCUT2D eigenvalue weighted by Gasteiger charge is -2.35. The number of fused-ring (bicyclic) bond motifs is 1. The average Bonchev–Trinajstić information content (AvgIpc) is 3.11. The van der Waals surface area contributed by atoms with Crippen LogP contribution in [0.2, 0.25) is 0 Å². The Morgan fingerprint density at radius 3 is 2.76 bits per heavy atom. The van der Waals surface area contributed by atoms with Crippen molar-refractivity contribution in [3.63, 3.8) is 0 Å². The minimum atomic E-state index is 0.484. The van der Waals surface area contributed by atoms with Gasteiger partial charge in [0.25, 0.3) is 0 Å². The Kier molecular flexibility index (Phi) is 4.66. The van der Waals surface area contributed by atoms with Crippen LogP contribution < -0.4 is 5.32 Å². The third-order valence-electron chi connectivity index (χ3n) is 5.21. The van der Waals surface area contributed by atoms with Crippen LogP contribution in [0, 0.1) is 5.41 Å². The van der Waals surface area contributed by atoms with E-state index in [4.69, 9.17) is 0 Å². The molecular formula is C19H27NS. The van der Waals surface area contributed by atoms with Crippen LogP contribution in [0.4, 0.5) is 0 Å². The molecule has 0 radical (unpaired) electrons. The van der Waals surface area contributed by atoms with Gasteiger partial charge >= 0.3 is 0 Å². The van der Waals surface area contributed by atoms with Crippen molar-refractivity contribution in [3.8, 4) is 0 Å². The summed E-state index contributed by atoms with van der Waals surface area (Å²) in [4.78, 5) is 0. The second-order valence-electron chi connectivity index (χ2n) is 6.83. The molecule has 1 atom stereocenters. The van der Waals surface area contributed by atoms with Crippen molar-refractivity contribution in [3.05, 3.63) is 35.2 Å². The zero-order valence-corrected chi connectivity index (χ0v) is 14.1. The number of benzene rings is 1. The summed E-state index contributed by atoms with van der Waals surface area (Å²) >= 11 is 1.89. The van der Waals surface area contributed by atoms with E-state index in [-0.39, 0.29) is 0 Å². The first-order valence-electron chi connectivity index (χ1n) is 8.41. The van der Waals surface area contributed by atoms with Gasteiger partial charge in [0.05, 0.1) is 0 Å². The molecule has 1 N–H and O–H groups in total. The number of nitrogens with one attached hydrogen (secondary N) is 1. The highest BCUT2D eigenvalue weighted by atomic mass is 32.1. The van der Waals surface area contributed by atoms with E-state index >= 15 is 0 Å². The van der Waals surface area contributed by atoms with Gasteiger partial charge in [0, 0.05) is 10.7 Å². The topological polar surface area (TPSA) is 12.0 Å². The predicted octanol–water partition coefficient (Wildman–Crippen LogP) is 5.39. The van der Waals surface area contributed by atoms with Crippen LogP contribution in [0.1, 0.15) is 51.5 Å². The van der Waals surface area contributed by atoms with Gasteiger partial charge in [-0.25, -0.2) is 0 Å². The minimum Gasteiger partial charge on any atom is -0.313 e. The summed E-state index contributed by atoms with van der Waals surface area (Å²) in [5.41, 5.74) is 2.02. The van der Waals surface area contributed by atoms with Gasteiger partial charge in [-0.2, -0.15) is 0 Å². The van der Waals surface area contributed by atoms with E-state index in [9.17, 15) is 0 Å². The molecule has 1 aromatic heterocycles. The lowest BCUT2D eigenvalue weighted by molar-refractivity contribution is 0.220. The lowest BCUT2D eigenvalue weighted by atomic mass is 9.77. The summed E-state index contributed by atoms with van der Waals surface area (Å²) in [6.07, 6.45) is 7.99. The van der Waals surface area contributed by atoms with E-state index in [0.717, 1.165) is 6.54 Å². The SMILES string of the molecule is CCCNC(Cc1csc2ccccc12)C1(C)CCCC1. The van der Waals surface area contributed by atoms with Crippen molar-refractivity contribution in [2.75, 3.05) is 6.54 Å². The van der Waals surface area contributed by atoms with Gasteiger partial charge in [0.2, 0.25) is 0 Å². The van der Waals surface area contributed by atoms with Crippen molar-refractivity contribution in [2.24, 2.45) is 5.41 Å². The van der Waals surface area contributed by atoms with Gasteiger partial charge in [0.1, 0.15) is 0 Å². The van der Waals surface area contributed by atoms with Crippen LogP contribution >= 0.6 is 11.3 Å². The Hall–Kier alpha value is -0.860. The van der Waals surface area contributed by atoms with E-state index in [1.807, 2.05) is 11.3 Å². The number of hydrogen-bond donors (Lipinski definition) is 1. The number of rotatable bonds is 6. The monoisotopic (exact) mass is 301 g/mol. The smallest absolute Gasteiger partial charge is 0.0345 e. The van der Waals surface area contributed by atoms with E-state index in [2.05, 4.69) is 48.8 Å². The lowest BCUT2D eigenvalue weighted by Crippen LogP contribution is -2.44. The van der Waals surface area contributed by atoms with Gasteiger partial charge in [-0.1, -0.05) is 44.9 Å². The summed E-state index contributed by atoms with van der Waals surface area (Å²) in [6, 6.07) is 9.47. The highest BCUT2D eigenvalue weighted by Gasteiger charge is 2.36. The van der Waals surface area contributed by atoms with Crippen LogP contribution in [0.5, 0.6) is 0 Å². The van der Waals surface area contributed by atoms with Crippen LogP contribution in [0.3, 0.4) is 0 Å². The van der Waals surface area contributed by atoms with Crippen LogP contribution in [0.15, 0.2) is 29.6 Å². The molecule has 2 heteroatoms. The third-order valence-corrected chi connectivity index (χ3v) is 6.23. The third kappa shape index (κ3) is 3.17. The summed E-state index contributed by atoms with van der Waals surface area (Å²) in [5.74, 6) is 0. The fourth-order valence-electron chi connectivity index (χ4n) is 3.83. The molecule has 1 aliphatic rings. The molecule has 1 aliphatic carbocycles. The van der Waals surface area contributed by atoms with E-state index < -0.39 is 0 Å². The molecule has 1 nitrogen and oxygen atoms in total. The van der Waals surface area contributed by atoms with Gasteiger partial charge in [0.15, 0.2) is 0 Å². The maximum absolute atomic E-state index is 3.86. The van der Waals surface area contributed by atoms with E-state index in [0.29, 0.717) is 11.5 Å². The highest BCUT2D eigenvalue weighted by Crippen LogP contribution is 2.42. The molecule has 3 rings (SSSR count). The van der Waals surface area contributed by atoms with Crippen molar-refractivity contribution >= 4 is 21.4 Å². The fraction of sp³-hybridized carbons (Fsp3) is 0.579. The second kappa shape index (κ2) is 6.50. The molecule has 1 unspecified atom stereocenters. The molecule has 0 amide bonds. The molecule has 2 aromatic rings. The van der Waals surface area contributed by atoms with Gasteiger partial charge in [-0.15, -0.1) is 11.3 Å². The standard InChI is InChI=1S/C19H27NS/c1-3-12-20-18(19(2)10-6-7-11-19)13-15-14-21-17-9-5-4-8-16(15)17/h4-5,8-9,14,18,20H,3,6-7,10-13H2,1-2H3. The zero-order chi connectivity index (χ0) is 14.7. The number of thiophene rings is 1. The quantitative estimate of drug-likeness (QED) is 0.754. The van der Waals surface area contributed by atoms with Gasteiger partial charge in [-0.3, -0.25) is 0 Å². The molecule has 21 heavy (non-hydrogen) atoms. The second-order valence-corrected chi connectivity index (χ2v) is 7.74. The maximum Gasteiger partial charge on any atom is 0.0345 e. The average molecular weight is 301 g/mol. The Bertz CT molecular complexity index is 580. The molecule has 1 aromatic carbocycles. The minimum absolute atomic E-state index is 0.484. The van der Waals surface area contributed by atoms with Crippen LogP contribution in [-0.4, -0.2) is 12.6 Å². The highest BCUT2D eigenvalue weighted by molar-refractivity contribution is 7.17. The first kappa shape index (κ1) is 15.1. The fourth-order valence-corrected chi connectivity index (χ4v) is 4.80. The van der Waals surface area contributed by atoms with Crippen molar-refractivity contribution in [1.29, 1.82) is 0 Å². The van der Waals surface area contributed by atoms with Crippen LogP contribution in [0.25, 0.3) is 10.1 Å². The molecule has 1 heterocycles.